The van der Waals surface area contributed by atoms with Crippen molar-refractivity contribution in [3.05, 3.63) is 24.3 Å². The van der Waals surface area contributed by atoms with Gasteiger partial charge in [-0.2, -0.15) is 0 Å². The van der Waals surface area contributed by atoms with Gasteiger partial charge < -0.3 is 18.9 Å². The summed E-state index contributed by atoms with van der Waals surface area (Å²) in [6.07, 6.45) is 16.5. The second kappa shape index (κ2) is 28.6. The average molecular weight is 513 g/mol. The van der Waals surface area contributed by atoms with Crippen LogP contribution in [-0.2, 0) is 38.1 Å². The lowest BCUT2D eigenvalue weighted by atomic mass is 10.2. The number of hydrogen-bond acceptors (Lipinski definition) is 8. The Hall–Kier alpha value is -2.64. The highest BCUT2D eigenvalue weighted by atomic mass is 16.5. The van der Waals surface area contributed by atoms with Crippen molar-refractivity contribution >= 4 is 23.9 Å². The molecule has 0 radical (unpaired) electrons. The Kier molecular flexibility index (Phi) is 28.2. The first-order chi connectivity index (χ1) is 17.4. The molecule has 0 rings (SSSR count). The van der Waals surface area contributed by atoms with Crippen molar-refractivity contribution in [3.63, 3.8) is 0 Å². The van der Waals surface area contributed by atoms with Crippen LogP contribution in [0.1, 0.15) is 105 Å². The molecule has 0 aliphatic rings. The topological polar surface area (TPSA) is 105 Å². The molecule has 0 unspecified atom stereocenters. The van der Waals surface area contributed by atoms with Gasteiger partial charge in [0.05, 0.1) is 26.4 Å². The molecule has 0 N–H and O–H groups in total. The number of carbonyl (C=O) groups is 4. The van der Waals surface area contributed by atoms with Crippen LogP contribution in [0.5, 0.6) is 0 Å². The van der Waals surface area contributed by atoms with Crippen LogP contribution in [0.25, 0.3) is 0 Å². The fourth-order valence-corrected chi connectivity index (χ4v) is 2.50. The summed E-state index contributed by atoms with van der Waals surface area (Å²) in [5, 5.41) is 0. The van der Waals surface area contributed by atoms with E-state index in [0.29, 0.717) is 26.4 Å². The highest BCUT2D eigenvalue weighted by Crippen LogP contribution is 2.00. The molecule has 36 heavy (non-hydrogen) atoms. The summed E-state index contributed by atoms with van der Waals surface area (Å²) in [4.78, 5) is 44.6. The Labute approximate surface area is 217 Å². The van der Waals surface area contributed by atoms with Gasteiger partial charge in [0.2, 0.25) is 0 Å². The third kappa shape index (κ3) is 29.4. The molecule has 0 atom stereocenters. The predicted molar refractivity (Wildman–Crippen MR) is 140 cm³/mol. The molecule has 0 aromatic heterocycles. The molecule has 0 bridgehead atoms. The highest BCUT2D eigenvalue weighted by molar-refractivity contribution is 5.92. The van der Waals surface area contributed by atoms with Crippen LogP contribution in [0.4, 0.5) is 0 Å². The van der Waals surface area contributed by atoms with Crippen molar-refractivity contribution in [2.45, 2.75) is 105 Å². The standard InChI is InChI=1S/C16H28O4.C12H20O4/c1-3-5-7-9-13-19-15(17)11-12-16(18)20-14-10-8-6-4-2;1-3-5-9-15-11(13)7-8-12(14)16-10-6-4-2/h11-12H,3-10,13-14H2,1-2H3;7-8H,3-6,9-10H2,1-2H3/b12-11+;8-7-. The number of ether oxygens (including phenoxy) is 4. The van der Waals surface area contributed by atoms with Crippen molar-refractivity contribution in [1.29, 1.82) is 0 Å². The van der Waals surface area contributed by atoms with Gasteiger partial charge in [-0.25, -0.2) is 19.2 Å². The Balaban J connectivity index is 0. The number of unbranched alkanes of at least 4 members (excludes halogenated alkanes) is 8. The van der Waals surface area contributed by atoms with Crippen LogP contribution in [0.2, 0.25) is 0 Å². The summed E-state index contributed by atoms with van der Waals surface area (Å²) >= 11 is 0. The minimum Gasteiger partial charge on any atom is -0.463 e. The van der Waals surface area contributed by atoms with Crippen molar-refractivity contribution in [2.75, 3.05) is 26.4 Å². The molecule has 8 heteroatoms. The van der Waals surface area contributed by atoms with E-state index in [1.807, 2.05) is 13.8 Å². The van der Waals surface area contributed by atoms with Crippen LogP contribution < -0.4 is 0 Å². The van der Waals surface area contributed by atoms with Crippen molar-refractivity contribution in [2.24, 2.45) is 0 Å². The van der Waals surface area contributed by atoms with E-state index in [0.717, 1.165) is 101 Å². The Morgan fingerprint density at radius 3 is 0.889 bits per heavy atom. The Morgan fingerprint density at radius 1 is 0.389 bits per heavy atom. The first-order valence-electron chi connectivity index (χ1n) is 13.4. The fraction of sp³-hybridized carbons (Fsp3) is 0.714. The molecule has 0 aromatic rings. The lowest BCUT2D eigenvalue weighted by Gasteiger charge is -2.02. The maximum absolute atomic E-state index is 11.3. The van der Waals surface area contributed by atoms with E-state index >= 15 is 0 Å². The minimum absolute atomic E-state index is 0.393. The molecule has 0 saturated carbocycles. The molecular weight excluding hydrogens is 464 g/mol. The smallest absolute Gasteiger partial charge is 0.331 e. The summed E-state index contributed by atoms with van der Waals surface area (Å²) in [6, 6.07) is 0. The van der Waals surface area contributed by atoms with Gasteiger partial charge in [-0.05, 0) is 25.7 Å². The predicted octanol–water partition coefficient (Wildman–Crippen LogP) is 6.02. The molecule has 0 aromatic carbocycles. The summed E-state index contributed by atoms with van der Waals surface area (Å²) in [5.74, 6) is -1.96. The van der Waals surface area contributed by atoms with Crippen molar-refractivity contribution in [3.8, 4) is 0 Å². The van der Waals surface area contributed by atoms with E-state index in [1.165, 1.54) is 0 Å². The summed E-state index contributed by atoms with van der Waals surface area (Å²) in [7, 11) is 0. The summed E-state index contributed by atoms with van der Waals surface area (Å²) in [5.41, 5.74) is 0. The molecule has 0 amide bonds. The third-order valence-electron chi connectivity index (χ3n) is 4.68. The lowest BCUT2D eigenvalue weighted by molar-refractivity contribution is -0.140. The van der Waals surface area contributed by atoms with E-state index < -0.39 is 23.9 Å². The van der Waals surface area contributed by atoms with Gasteiger partial charge in [-0.3, -0.25) is 0 Å². The lowest BCUT2D eigenvalue weighted by Crippen LogP contribution is -2.06. The molecule has 0 fully saturated rings. The van der Waals surface area contributed by atoms with Gasteiger partial charge in [0.25, 0.3) is 0 Å². The van der Waals surface area contributed by atoms with E-state index in [2.05, 4.69) is 13.8 Å². The maximum Gasteiger partial charge on any atom is 0.331 e. The normalized spacial score (nSPS) is 10.6. The fourth-order valence-electron chi connectivity index (χ4n) is 2.50. The van der Waals surface area contributed by atoms with Crippen LogP contribution in [0.3, 0.4) is 0 Å². The van der Waals surface area contributed by atoms with Crippen molar-refractivity contribution in [1.82, 2.24) is 0 Å². The largest absolute Gasteiger partial charge is 0.463 e. The van der Waals surface area contributed by atoms with Gasteiger partial charge in [0.15, 0.2) is 0 Å². The molecule has 0 aliphatic heterocycles. The highest BCUT2D eigenvalue weighted by Gasteiger charge is 2.02. The molecule has 0 saturated heterocycles. The first-order valence-corrected chi connectivity index (χ1v) is 13.4. The molecular formula is C28H48O8. The molecule has 0 aliphatic carbocycles. The summed E-state index contributed by atoms with van der Waals surface area (Å²) in [6.45, 7) is 9.88. The molecule has 208 valence electrons. The molecule has 0 heterocycles. The van der Waals surface area contributed by atoms with Gasteiger partial charge in [0.1, 0.15) is 0 Å². The van der Waals surface area contributed by atoms with Gasteiger partial charge in [0, 0.05) is 24.3 Å². The van der Waals surface area contributed by atoms with E-state index in [4.69, 9.17) is 18.9 Å². The zero-order valence-electron chi connectivity index (χ0n) is 22.9. The SMILES string of the molecule is CCCCCCOC(=O)/C=C/C(=O)OCCCCCC.CCCCOC(=O)/C=C\C(=O)OCCCC. The number of rotatable bonds is 20. The van der Waals surface area contributed by atoms with Crippen molar-refractivity contribution < 1.29 is 38.1 Å². The zero-order chi connectivity index (χ0) is 27.3. The summed E-state index contributed by atoms with van der Waals surface area (Å²) < 4.78 is 19.6. The van der Waals surface area contributed by atoms with Gasteiger partial charge in [-0.15, -0.1) is 0 Å². The number of hydrogen-bond donors (Lipinski definition) is 0. The molecule has 8 nitrogen and oxygen atoms in total. The minimum atomic E-state index is -0.499. The van der Waals surface area contributed by atoms with E-state index in [9.17, 15) is 19.2 Å². The second-order valence-electron chi connectivity index (χ2n) is 8.17. The second-order valence-corrected chi connectivity index (χ2v) is 8.17. The van der Waals surface area contributed by atoms with Crippen LogP contribution in [0.15, 0.2) is 24.3 Å². The maximum atomic E-state index is 11.3. The Morgan fingerprint density at radius 2 is 0.639 bits per heavy atom. The van der Waals surface area contributed by atoms with Crippen LogP contribution in [0, 0.1) is 0 Å². The number of esters is 4. The van der Waals surface area contributed by atoms with Gasteiger partial charge >= 0.3 is 23.9 Å². The number of carbonyl (C=O) groups excluding carboxylic acids is 4. The third-order valence-corrected chi connectivity index (χ3v) is 4.68. The quantitative estimate of drug-likeness (QED) is 0.0844. The van der Waals surface area contributed by atoms with E-state index in [-0.39, 0.29) is 0 Å². The first kappa shape index (κ1) is 35.5. The molecule has 0 spiro atoms. The van der Waals surface area contributed by atoms with E-state index in [1.54, 1.807) is 0 Å². The Bertz CT molecular complexity index is 573. The zero-order valence-corrected chi connectivity index (χ0v) is 22.9. The monoisotopic (exact) mass is 512 g/mol. The average Bonchev–Trinajstić information content (AvgIpc) is 2.86. The van der Waals surface area contributed by atoms with Gasteiger partial charge in [-0.1, -0.05) is 79.1 Å². The van der Waals surface area contributed by atoms with Crippen LogP contribution >= 0.6 is 0 Å². The van der Waals surface area contributed by atoms with Crippen LogP contribution in [-0.4, -0.2) is 50.3 Å².